The van der Waals surface area contributed by atoms with Gasteiger partial charge in [0.25, 0.3) is 5.91 Å². The van der Waals surface area contributed by atoms with Crippen LogP contribution in [-0.2, 0) is 22.4 Å². The zero-order valence-electron chi connectivity index (χ0n) is 20.6. The minimum absolute atomic E-state index is 0.0415. The fraction of sp³-hybridized carbons (Fsp3) is 0.172. The van der Waals surface area contributed by atoms with Crippen LogP contribution in [0.25, 0.3) is 11.3 Å². The van der Waals surface area contributed by atoms with Gasteiger partial charge in [0.2, 0.25) is 0 Å². The summed E-state index contributed by atoms with van der Waals surface area (Å²) >= 11 is 1.24. The number of nitrogens with one attached hydrogen (secondary N) is 1. The van der Waals surface area contributed by atoms with Crippen molar-refractivity contribution in [3.05, 3.63) is 99.6 Å². The Morgan fingerprint density at radius 3 is 2.55 bits per heavy atom. The second kappa shape index (κ2) is 12.2. The number of aryl methyl sites for hydroxylation is 1. The monoisotopic (exact) mass is 532 g/mol. The summed E-state index contributed by atoms with van der Waals surface area (Å²) in [6.07, 6.45) is 1.69. The summed E-state index contributed by atoms with van der Waals surface area (Å²) in [4.78, 5) is 40.1. The van der Waals surface area contributed by atoms with Crippen molar-refractivity contribution in [3.63, 3.8) is 0 Å². The second-order valence-corrected chi connectivity index (χ2v) is 9.62. The third kappa shape index (κ3) is 7.33. The molecule has 2 N–H and O–H groups in total. The first-order valence-electron chi connectivity index (χ1n) is 11.9. The van der Waals surface area contributed by atoms with E-state index in [9.17, 15) is 18.8 Å². The molecule has 2 heterocycles. The van der Waals surface area contributed by atoms with Crippen LogP contribution in [0.2, 0.25) is 0 Å². The van der Waals surface area contributed by atoms with Gasteiger partial charge in [-0.05, 0) is 48.4 Å². The largest absolute Gasteiger partial charge is 0.481 e. The molecular formula is C29H25FN2O5S. The predicted octanol–water partition coefficient (Wildman–Crippen LogP) is 5.61. The number of carbonyl (C=O) groups is 3. The average Bonchev–Trinajstić information content (AvgIpc) is 3.38. The number of pyridine rings is 1. The number of carboxylic acids is 1. The Labute approximate surface area is 222 Å². The average molecular weight is 533 g/mol. The van der Waals surface area contributed by atoms with Crippen LogP contribution in [0.4, 0.5) is 4.39 Å². The van der Waals surface area contributed by atoms with Crippen molar-refractivity contribution in [3.8, 4) is 22.8 Å². The van der Waals surface area contributed by atoms with E-state index in [4.69, 9.17) is 9.84 Å². The molecule has 0 spiro atoms. The first-order valence-corrected chi connectivity index (χ1v) is 12.7. The summed E-state index contributed by atoms with van der Waals surface area (Å²) in [5.41, 5.74) is 3.47. The molecule has 0 bridgehead atoms. The third-order valence-corrected chi connectivity index (χ3v) is 6.55. The van der Waals surface area contributed by atoms with Gasteiger partial charge in [0.1, 0.15) is 23.1 Å². The molecule has 0 atom stereocenters. The van der Waals surface area contributed by atoms with Gasteiger partial charge in [-0.2, -0.15) is 0 Å². The van der Waals surface area contributed by atoms with Gasteiger partial charge in [-0.25, -0.2) is 4.39 Å². The first-order chi connectivity index (χ1) is 18.3. The zero-order chi connectivity index (χ0) is 27.1. The summed E-state index contributed by atoms with van der Waals surface area (Å²) in [6, 6.07) is 17.0. The van der Waals surface area contributed by atoms with Gasteiger partial charge in [-0.3, -0.25) is 19.4 Å². The minimum Gasteiger partial charge on any atom is -0.481 e. The van der Waals surface area contributed by atoms with E-state index in [0.717, 1.165) is 16.7 Å². The highest BCUT2D eigenvalue weighted by molar-refractivity contribution is 7.12. The van der Waals surface area contributed by atoms with Gasteiger partial charge in [-0.1, -0.05) is 29.8 Å². The van der Waals surface area contributed by atoms with E-state index in [-0.39, 0.29) is 43.3 Å². The number of carboxylic acid groups (broad SMARTS) is 1. The summed E-state index contributed by atoms with van der Waals surface area (Å²) in [5.74, 6) is -0.636. The van der Waals surface area contributed by atoms with Crippen molar-refractivity contribution in [2.24, 2.45) is 0 Å². The number of aliphatic carboxylic acids is 1. The van der Waals surface area contributed by atoms with Crippen LogP contribution in [0.1, 0.15) is 32.8 Å². The molecule has 0 fully saturated rings. The number of benzene rings is 2. The number of halogens is 1. The first kappa shape index (κ1) is 26.7. The number of hydrogen-bond acceptors (Lipinski definition) is 6. The number of nitrogens with zero attached hydrogens (tertiary/aromatic N) is 1. The number of ether oxygens (including phenoxy) is 1. The zero-order valence-corrected chi connectivity index (χ0v) is 21.4. The van der Waals surface area contributed by atoms with Crippen LogP contribution in [0, 0.1) is 12.7 Å². The van der Waals surface area contributed by atoms with E-state index in [0.29, 0.717) is 27.6 Å². The number of carbonyl (C=O) groups excluding carboxylic acids is 2. The molecule has 2 aromatic carbocycles. The van der Waals surface area contributed by atoms with Crippen molar-refractivity contribution < 1.29 is 28.6 Å². The van der Waals surface area contributed by atoms with Crippen LogP contribution in [0.5, 0.6) is 11.5 Å². The van der Waals surface area contributed by atoms with Crippen LogP contribution in [0.15, 0.2) is 72.2 Å². The fourth-order valence-electron chi connectivity index (χ4n) is 3.75. The lowest BCUT2D eigenvalue weighted by atomic mass is 10.0. The van der Waals surface area contributed by atoms with E-state index < -0.39 is 5.97 Å². The number of hydrogen-bond donors (Lipinski definition) is 2. The van der Waals surface area contributed by atoms with Crippen molar-refractivity contribution in [1.29, 1.82) is 0 Å². The lowest BCUT2D eigenvalue weighted by Gasteiger charge is -2.08. The molecule has 0 radical (unpaired) electrons. The second-order valence-electron chi connectivity index (χ2n) is 8.71. The molecule has 4 aromatic rings. The summed E-state index contributed by atoms with van der Waals surface area (Å²) in [5, 5.41) is 13.1. The maximum atomic E-state index is 14.0. The highest BCUT2D eigenvalue weighted by atomic mass is 32.1. The van der Waals surface area contributed by atoms with Gasteiger partial charge in [0.15, 0.2) is 0 Å². The van der Waals surface area contributed by atoms with Gasteiger partial charge in [0, 0.05) is 42.6 Å². The minimum atomic E-state index is -0.976. The molecule has 0 aliphatic carbocycles. The maximum Gasteiger partial charge on any atom is 0.305 e. The van der Waals surface area contributed by atoms with Crippen molar-refractivity contribution in [2.75, 3.05) is 6.54 Å². The smallest absolute Gasteiger partial charge is 0.305 e. The Kier molecular flexibility index (Phi) is 8.60. The molecule has 0 aliphatic rings. The number of aromatic nitrogens is 1. The van der Waals surface area contributed by atoms with Crippen LogP contribution in [-0.4, -0.2) is 34.3 Å². The topological polar surface area (TPSA) is 106 Å². The Morgan fingerprint density at radius 1 is 1.00 bits per heavy atom. The van der Waals surface area contributed by atoms with E-state index >= 15 is 0 Å². The molecule has 9 heteroatoms. The Morgan fingerprint density at radius 2 is 1.79 bits per heavy atom. The Balaban J connectivity index is 1.35. The molecule has 4 rings (SSSR count). The standard InChI is InChI=1S/C29H25FN2O5S/c1-18-2-7-25(30)20(12-18)14-22(33)13-19-3-5-23(6-4-19)37-24-8-10-31-26(16-24)21-15-27(38-17-21)29(36)32-11-9-28(34)35/h2-8,10,12,15-17H,9,11,13-14H2,1H3,(H,32,36)(H,34,35). The van der Waals surface area contributed by atoms with E-state index in [1.165, 1.54) is 17.4 Å². The van der Waals surface area contributed by atoms with Crippen molar-refractivity contribution >= 4 is 29.0 Å². The molecule has 1 amide bonds. The Bertz CT molecular complexity index is 1470. The number of thiophene rings is 1. The normalized spacial score (nSPS) is 10.7. The van der Waals surface area contributed by atoms with E-state index in [1.54, 1.807) is 66.2 Å². The molecular weight excluding hydrogens is 507 g/mol. The third-order valence-electron chi connectivity index (χ3n) is 5.62. The summed E-state index contributed by atoms with van der Waals surface area (Å²) < 4.78 is 19.9. The lowest BCUT2D eigenvalue weighted by molar-refractivity contribution is -0.136. The van der Waals surface area contributed by atoms with Crippen molar-refractivity contribution in [2.45, 2.75) is 26.2 Å². The SMILES string of the molecule is Cc1ccc(F)c(CC(=O)Cc2ccc(Oc3ccnc(-c4csc(C(=O)NCCC(=O)O)c4)c3)cc2)c1. The van der Waals surface area contributed by atoms with Crippen molar-refractivity contribution in [1.82, 2.24) is 10.3 Å². The van der Waals surface area contributed by atoms with Gasteiger partial charge >= 0.3 is 5.97 Å². The highest BCUT2D eigenvalue weighted by Gasteiger charge is 2.13. The van der Waals surface area contributed by atoms with Crippen LogP contribution < -0.4 is 10.1 Å². The van der Waals surface area contributed by atoms with Gasteiger partial charge < -0.3 is 15.2 Å². The molecule has 38 heavy (non-hydrogen) atoms. The van der Waals surface area contributed by atoms with E-state index in [2.05, 4.69) is 10.3 Å². The number of ketones is 1. The molecule has 0 saturated heterocycles. The number of Topliss-reactive ketones (excluding diaryl/α,β-unsaturated/α-hetero) is 1. The molecule has 7 nitrogen and oxygen atoms in total. The molecule has 194 valence electrons. The lowest BCUT2D eigenvalue weighted by Crippen LogP contribution is -2.25. The maximum absolute atomic E-state index is 14.0. The van der Waals surface area contributed by atoms with Gasteiger partial charge in [0.05, 0.1) is 17.0 Å². The number of amides is 1. The summed E-state index contributed by atoms with van der Waals surface area (Å²) in [7, 11) is 0. The van der Waals surface area contributed by atoms with Crippen LogP contribution in [0.3, 0.4) is 0 Å². The number of rotatable bonds is 11. The molecule has 2 aromatic heterocycles. The Hall–Kier alpha value is -4.37. The molecule has 0 aliphatic heterocycles. The summed E-state index contributed by atoms with van der Waals surface area (Å²) in [6.45, 7) is 1.92. The quantitative estimate of drug-likeness (QED) is 0.260. The molecule has 0 saturated carbocycles. The predicted molar refractivity (Wildman–Crippen MR) is 142 cm³/mol. The van der Waals surface area contributed by atoms with Crippen LogP contribution >= 0.6 is 11.3 Å². The van der Waals surface area contributed by atoms with Gasteiger partial charge in [-0.15, -0.1) is 11.3 Å². The highest BCUT2D eigenvalue weighted by Crippen LogP contribution is 2.29. The fourth-order valence-corrected chi connectivity index (χ4v) is 4.56. The van der Waals surface area contributed by atoms with E-state index in [1.807, 2.05) is 6.92 Å². The molecule has 0 unspecified atom stereocenters.